The summed E-state index contributed by atoms with van der Waals surface area (Å²) in [7, 11) is 1.57. The van der Waals surface area contributed by atoms with E-state index >= 15 is 0 Å². The van der Waals surface area contributed by atoms with Gasteiger partial charge in [0.2, 0.25) is 11.8 Å². The molecule has 0 bridgehead atoms. The van der Waals surface area contributed by atoms with Crippen LogP contribution in [0.2, 0.25) is 5.02 Å². The molecule has 3 aromatic carbocycles. The van der Waals surface area contributed by atoms with Crippen molar-refractivity contribution in [2.24, 2.45) is 5.73 Å². The lowest BCUT2D eigenvalue weighted by Crippen LogP contribution is -2.49. The molecule has 1 heterocycles. The lowest BCUT2D eigenvalue weighted by atomic mass is 10.0. The molecule has 0 spiro atoms. The van der Waals surface area contributed by atoms with Crippen LogP contribution in [0.1, 0.15) is 22.9 Å². The summed E-state index contributed by atoms with van der Waals surface area (Å²) in [4.78, 5) is 31.1. The molecule has 1 aromatic heterocycles. The highest BCUT2D eigenvalue weighted by atomic mass is 35.5. The molecule has 0 saturated carbocycles. The lowest BCUT2D eigenvalue weighted by molar-refractivity contribution is -0.123. The van der Waals surface area contributed by atoms with E-state index in [4.69, 9.17) is 17.3 Å². The van der Waals surface area contributed by atoms with Crippen molar-refractivity contribution in [2.75, 3.05) is 12.4 Å². The molecule has 0 saturated heterocycles. The molecule has 11 heteroatoms. The van der Waals surface area contributed by atoms with Crippen LogP contribution >= 0.6 is 22.9 Å². The zero-order valence-corrected chi connectivity index (χ0v) is 22.4. The molecule has 4 rings (SSSR count). The molecule has 3 unspecified atom stereocenters. The molecule has 7 nitrogen and oxygen atoms in total. The highest BCUT2D eigenvalue weighted by molar-refractivity contribution is 7.15. The molecule has 4 aromatic rings. The fourth-order valence-corrected chi connectivity index (χ4v) is 5.12. The zero-order valence-electron chi connectivity index (χ0n) is 20.8. The molecular formula is C28H26ClF2N5O2S. The topological polar surface area (TPSA) is 109 Å². The predicted octanol–water partition coefficient (Wildman–Crippen LogP) is 4.89. The van der Waals surface area contributed by atoms with Gasteiger partial charge in [-0.25, -0.2) is 13.8 Å². The highest BCUT2D eigenvalue weighted by Crippen LogP contribution is 2.33. The van der Waals surface area contributed by atoms with Gasteiger partial charge in [0.15, 0.2) is 0 Å². The molecule has 0 aliphatic carbocycles. The van der Waals surface area contributed by atoms with E-state index in [1.165, 1.54) is 29.5 Å². The van der Waals surface area contributed by atoms with Gasteiger partial charge in [-0.3, -0.25) is 9.59 Å². The number of benzene rings is 3. The highest BCUT2D eigenvalue weighted by Gasteiger charge is 2.27. The van der Waals surface area contributed by atoms with Crippen molar-refractivity contribution < 1.29 is 18.4 Å². The molecule has 3 atom stereocenters. The maximum Gasteiger partial charge on any atom is 0.241 e. The average molecular weight is 570 g/mol. The van der Waals surface area contributed by atoms with Crippen LogP contribution in [0.15, 0.2) is 79.0 Å². The number of likely N-dealkylation sites (N-methyl/N-ethyl adjacent to an activating group) is 1. The van der Waals surface area contributed by atoms with E-state index in [1.54, 1.807) is 31.4 Å². The predicted molar refractivity (Wildman–Crippen MR) is 149 cm³/mol. The number of nitrogens with two attached hydrogens (primary N) is 1. The summed E-state index contributed by atoms with van der Waals surface area (Å²) in [5.74, 6) is -1.93. The van der Waals surface area contributed by atoms with Gasteiger partial charge in [-0.15, -0.1) is 11.3 Å². The summed E-state index contributed by atoms with van der Waals surface area (Å²) in [5, 5.41) is 8.81. The molecule has 2 amide bonds. The van der Waals surface area contributed by atoms with Crippen LogP contribution in [0.4, 0.5) is 14.5 Å². The van der Waals surface area contributed by atoms with E-state index in [0.29, 0.717) is 21.1 Å². The van der Waals surface area contributed by atoms with Crippen LogP contribution in [0, 0.1) is 11.6 Å². The number of carbonyl (C=O) groups is 2. The number of hydrogen-bond donors (Lipinski definition) is 4. The first kappa shape index (κ1) is 28.3. The smallest absolute Gasteiger partial charge is 0.241 e. The molecule has 39 heavy (non-hydrogen) atoms. The number of carbonyl (C=O) groups excluding carboxylic acids is 2. The summed E-state index contributed by atoms with van der Waals surface area (Å²) in [6, 6.07) is 17.0. The van der Waals surface area contributed by atoms with Crippen molar-refractivity contribution in [3.8, 4) is 10.6 Å². The average Bonchev–Trinajstić information content (AvgIpc) is 3.42. The van der Waals surface area contributed by atoms with Crippen molar-refractivity contribution in [3.05, 3.63) is 106 Å². The molecular weight excluding hydrogens is 544 g/mol. The number of nitrogens with zero attached hydrogens (tertiary/aromatic N) is 1. The Kier molecular flexibility index (Phi) is 9.36. The summed E-state index contributed by atoms with van der Waals surface area (Å²) in [6.07, 6.45) is 1.58. The Balaban J connectivity index is 1.48. The van der Waals surface area contributed by atoms with Crippen molar-refractivity contribution in [2.45, 2.75) is 24.5 Å². The van der Waals surface area contributed by atoms with Crippen LogP contribution in [-0.4, -0.2) is 35.9 Å². The third kappa shape index (κ3) is 7.04. The normalized spacial score (nSPS) is 13.4. The Morgan fingerprint density at radius 1 is 1.00 bits per heavy atom. The third-order valence-corrected chi connectivity index (χ3v) is 7.40. The van der Waals surface area contributed by atoms with E-state index in [1.807, 2.05) is 30.3 Å². The van der Waals surface area contributed by atoms with Crippen LogP contribution in [0.5, 0.6) is 0 Å². The molecule has 0 aliphatic rings. The quantitative estimate of drug-likeness (QED) is 0.217. The van der Waals surface area contributed by atoms with Crippen LogP contribution in [-0.2, 0) is 9.59 Å². The zero-order chi connectivity index (χ0) is 27.9. The van der Waals surface area contributed by atoms with Gasteiger partial charge in [0.25, 0.3) is 0 Å². The first-order chi connectivity index (χ1) is 18.8. The van der Waals surface area contributed by atoms with Gasteiger partial charge >= 0.3 is 0 Å². The minimum absolute atomic E-state index is 0.0201. The summed E-state index contributed by atoms with van der Waals surface area (Å²) in [5.41, 5.74) is 7.69. The third-order valence-electron chi connectivity index (χ3n) is 6.01. The number of halogens is 3. The minimum atomic E-state index is -1.05. The van der Waals surface area contributed by atoms with E-state index in [9.17, 15) is 18.4 Å². The van der Waals surface area contributed by atoms with Crippen molar-refractivity contribution in [3.63, 3.8) is 0 Å². The monoisotopic (exact) mass is 569 g/mol. The molecule has 0 fully saturated rings. The van der Waals surface area contributed by atoms with Gasteiger partial charge in [-0.2, -0.15) is 0 Å². The standard InChI is InChI=1S/C28H26ClF2N5O2S/c1-33-23(27(38)35-17-11-12-21(31)19(29)13-17)14-22(32)26(37)36-25(16-7-3-2-4-8-16)24-15-34-28(39-24)18-9-5-6-10-20(18)30/h2-13,15,22-23,25,33H,14,32H2,1H3,(H,35,38)(H,36,37). The Bertz CT molecular complexity index is 1450. The Morgan fingerprint density at radius 3 is 2.41 bits per heavy atom. The first-order valence-electron chi connectivity index (χ1n) is 12.0. The summed E-state index contributed by atoms with van der Waals surface area (Å²) < 4.78 is 27.8. The molecule has 0 radical (unpaired) electrons. The van der Waals surface area contributed by atoms with Crippen LogP contribution in [0.3, 0.4) is 0 Å². The number of anilines is 1. The van der Waals surface area contributed by atoms with Gasteiger partial charge in [0.05, 0.1) is 28.0 Å². The fraction of sp³-hybridized carbons (Fsp3) is 0.179. The number of amides is 2. The Labute approximate surface area is 233 Å². The van der Waals surface area contributed by atoms with Gasteiger partial charge in [-0.1, -0.05) is 54.1 Å². The largest absolute Gasteiger partial charge is 0.343 e. The lowest BCUT2D eigenvalue weighted by Gasteiger charge is -2.23. The number of nitrogens with one attached hydrogen (secondary N) is 3. The van der Waals surface area contributed by atoms with Gasteiger partial charge in [-0.05, 0) is 49.4 Å². The van der Waals surface area contributed by atoms with E-state index in [0.717, 1.165) is 11.6 Å². The second-order valence-electron chi connectivity index (χ2n) is 8.70. The SMILES string of the molecule is CNC(CC(N)C(=O)NC(c1ccccc1)c1cnc(-c2ccccc2F)s1)C(=O)Nc1ccc(F)c(Cl)c1. The molecule has 0 aliphatic heterocycles. The number of thiazole rings is 1. The number of aromatic nitrogens is 1. The Hall–Kier alpha value is -3.70. The fourth-order valence-electron chi connectivity index (χ4n) is 3.91. The second-order valence-corrected chi connectivity index (χ2v) is 10.2. The Morgan fingerprint density at radius 2 is 1.72 bits per heavy atom. The number of rotatable bonds is 10. The maximum atomic E-state index is 14.3. The number of hydrogen-bond acceptors (Lipinski definition) is 6. The molecule has 202 valence electrons. The van der Waals surface area contributed by atoms with Gasteiger partial charge in [0, 0.05) is 17.4 Å². The van der Waals surface area contributed by atoms with E-state index in [-0.39, 0.29) is 17.3 Å². The summed E-state index contributed by atoms with van der Waals surface area (Å²) >= 11 is 7.06. The van der Waals surface area contributed by atoms with Crippen LogP contribution in [0.25, 0.3) is 10.6 Å². The summed E-state index contributed by atoms with van der Waals surface area (Å²) in [6.45, 7) is 0. The van der Waals surface area contributed by atoms with Crippen molar-refractivity contribution >= 4 is 40.4 Å². The second kappa shape index (κ2) is 12.9. The molecule has 5 N–H and O–H groups in total. The van der Waals surface area contributed by atoms with Gasteiger partial charge in [0.1, 0.15) is 16.6 Å². The first-order valence-corrected chi connectivity index (χ1v) is 13.2. The van der Waals surface area contributed by atoms with Crippen LogP contribution < -0.4 is 21.7 Å². The van der Waals surface area contributed by atoms with Gasteiger partial charge < -0.3 is 21.7 Å². The van der Waals surface area contributed by atoms with Crippen molar-refractivity contribution in [1.82, 2.24) is 15.6 Å². The maximum absolute atomic E-state index is 14.3. The van der Waals surface area contributed by atoms with E-state index < -0.39 is 35.8 Å². The van der Waals surface area contributed by atoms with E-state index in [2.05, 4.69) is 20.9 Å². The minimum Gasteiger partial charge on any atom is -0.343 e. The van der Waals surface area contributed by atoms with Crippen molar-refractivity contribution in [1.29, 1.82) is 0 Å².